The summed E-state index contributed by atoms with van der Waals surface area (Å²) in [5.74, 6) is -2.48. The molecule has 224 valence electrons. The second-order valence-corrected chi connectivity index (χ2v) is 12.5. The summed E-state index contributed by atoms with van der Waals surface area (Å²) < 4.78 is 31.8. The van der Waals surface area contributed by atoms with Crippen LogP contribution in [0, 0.1) is 31.6 Å². The number of carbonyl (C=O) groups excluding carboxylic acids is 2. The van der Waals surface area contributed by atoms with Crippen molar-refractivity contribution in [1.29, 1.82) is 0 Å². The highest BCUT2D eigenvalue weighted by molar-refractivity contribution is 7.92. The van der Waals surface area contributed by atoms with Gasteiger partial charge in [-0.05, 0) is 51.0 Å². The van der Waals surface area contributed by atoms with Gasteiger partial charge in [-0.15, -0.1) is 0 Å². The molecule has 2 amide bonds. The van der Waals surface area contributed by atoms with Crippen molar-refractivity contribution in [1.82, 2.24) is 20.9 Å². The number of hydrazine groups is 1. The number of aryl methyl sites for hydroxylation is 2. The topological polar surface area (TPSA) is 140 Å². The number of hydrogen-bond acceptors (Lipinski definition) is 8. The van der Waals surface area contributed by atoms with Crippen LogP contribution < -0.4 is 15.3 Å². The molecular weight excluding hydrogens is 546 g/mol. The van der Waals surface area contributed by atoms with Gasteiger partial charge in [-0.2, -0.15) is 4.41 Å². The standard InChI is InChI=1S/C29H41N5O6S/c1-20(2)18-25(28(35)32-34(41(5,37)38)26-19-21(3)30-22(4)31-26)24(15-11-14-23-12-7-6-8-13-23)29(36)33-40-27-16-9-10-17-39-27/h6-8,11-14,19-20,24-25,27H,9-10,15-18H2,1-5H3,(H,32,35)(H,33,36)/b14-11+/t24-,25+,27?/m0/s1. The lowest BCUT2D eigenvalue weighted by Crippen LogP contribution is -2.51. The first-order valence-electron chi connectivity index (χ1n) is 13.9. The molecule has 0 radical (unpaired) electrons. The van der Waals surface area contributed by atoms with Crippen molar-refractivity contribution < 1.29 is 27.6 Å². The van der Waals surface area contributed by atoms with Crippen molar-refractivity contribution in [2.24, 2.45) is 17.8 Å². The van der Waals surface area contributed by atoms with E-state index in [0.29, 0.717) is 31.0 Å². The van der Waals surface area contributed by atoms with E-state index in [0.717, 1.165) is 29.1 Å². The Hall–Kier alpha value is -3.35. The van der Waals surface area contributed by atoms with E-state index >= 15 is 0 Å². The molecule has 1 aliphatic heterocycles. The van der Waals surface area contributed by atoms with E-state index in [4.69, 9.17) is 9.57 Å². The molecule has 41 heavy (non-hydrogen) atoms. The van der Waals surface area contributed by atoms with Gasteiger partial charge >= 0.3 is 0 Å². The molecule has 0 aliphatic carbocycles. The summed E-state index contributed by atoms with van der Waals surface area (Å²) in [4.78, 5) is 41.3. The third-order valence-corrected chi connectivity index (χ3v) is 7.46. The molecule has 12 heteroatoms. The van der Waals surface area contributed by atoms with Crippen LogP contribution >= 0.6 is 0 Å². The number of ether oxygens (including phenoxy) is 1. The third kappa shape index (κ3) is 10.2. The Morgan fingerprint density at radius 1 is 1.12 bits per heavy atom. The predicted octanol–water partition coefficient (Wildman–Crippen LogP) is 3.85. The zero-order valence-corrected chi connectivity index (χ0v) is 25.2. The minimum atomic E-state index is -3.98. The Labute approximate surface area is 242 Å². The van der Waals surface area contributed by atoms with Gasteiger partial charge < -0.3 is 4.74 Å². The number of rotatable bonds is 13. The minimum Gasteiger partial charge on any atom is -0.350 e. The molecule has 2 aromatic rings. The number of allylic oxidation sites excluding steroid dienone is 1. The van der Waals surface area contributed by atoms with Gasteiger partial charge in [-0.25, -0.2) is 28.7 Å². The highest BCUT2D eigenvalue weighted by Crippen LogP contribution is 2.27. The number of hydroxylamine groups is 1. The summed E-state index contributed by atoms with van der Waals surface area (Å²) >= 11 is 0. The van der Waals surface area contributed by atoms with Crippen LogP contribution in [0.1, 0.15) is 63.0 Å². The molecule has 1 saturated heterocycles. The first-order chi connectivity index (χ1) is 19.4. The SMILES string of the molecule is Cc1cc(N(NC(=O)[C@H](CC(C)C)[C@H](C/C=C/c2ccccc2)C(=O)NOC2CCCCO2)S(C)(=O)=O)nc(C)n1. The fourth-order valence-electron chi connectivity index (χ4n) is 4.63. The van der Waals surface area contributed by atoms with Gasteiger partial charge in [0, 0.05) is 24.8 Å². The van der Waals surface area contributed by atoms with Gasteiger partial charge in [-0.3, -0.25) is 15.0 Å². The smallest absolute Gasteiger partial charge is 0.251 e. The number of carbonyl (C=O) groups is 2. The Bertz CT molecular complexity index is 1280. The number of amides is 2. The number of sulfonamides is 1. The maximum Gasteiger partial charge on any atom is 0.251 e. The monoisotopic (exact) mass is 587 g/mol. The van der Waals surface area contributed by atoms with Gasteiger partial charge in [0.1, 0.15) is 5.82 Å². The molecule has 2 heterocycles. The van der Waals surface area contributed by atoms with Gasteiger partial charge in [0.25, 0.3) is 10.0 Å². The maximum absolute atomic E-state index is 13.8. The van der Waals surface area contributed by atoms with Gasteiger partial charge in [0.2, 0.25) is 11.8 Å². The predicted molar refractivity (Wildman–Crippen MR) is 156 cm³/mol. The zero-order valence-electron chi connectivity index (χ0n) is 24.4. The Morgan fingerprint density at radius 2 is 1.85 bits per heavy atom. The molecule has 1 unspecified atom stereocenters. The van der Waals surface area contributed by atoms with Crippen molar-refractivity contribution in [3.8, 4) is 0 Å². The van der Waals surface area contributed by atoms with Crippen molar-refractivity contribution in [2.75, 3.05) is 17.3 Å². The van der Waals surface area contributed by atoms with E-state index in [-0.39, 0.29) is 18.2 Å². The molecule has 0 saturated carbocycles. The van der Waals surface area contributed by atoms with Crippen LogP contribution in [0.3, 0.4) is 0 Å². The number of benzene rings is 1. The third-order valence-electron chi connectivity index (χ3n) is 6.52. The lowest BCUT2D eigenvalue weighted by molar-refractivity contribution is -0.203. The lowest BCUT2D eigenvalue weighted by Gasteiger charge is -2.30. The Morgan fingerprint density at radius 3 is 2.46 bits per heavy atom. The molecule has 2 N–H and O–H groups in total. The summed E-state index contributed by atoms with van der Waals surface area (Å²) in [5, 5.41) is 0. The van der Waals surface area contributed by atoms with E-state index in [2.05, 4.69) is 20.9 Å². The molecule has 1 aromatic carbocycles. The Kier molecular flexibility index (Phi) is 11.8. The average molecular weight is 588 g/mol. The lowest BCUT2D eigenvalue weighted by atomic mass is 9.82. The number of nitrogens with zero attached hydrogens (tertiary/aromatic N) is 3. The summed E-state index contributed by atoms with van der Waals surface area (Å²) in [6.45, 7) is 7.76. The minimum absolute atomic E-state index is 0.0110. The second kappa shape index (κ2) is 15.0. The first kappa shape index (κ1) is 32.2. The van der Waals surface area contributed by atoms with Crippen molar-refractivity contribution >= 4 is 33.7 Å². The largest absolute Gasteiger partial charge is 0.350 e. The fraction of sp³-hybridized carbons (Fsp3) is 0.517. The second-order valence-electron chi connectivity index (χ2n) is 10.7. The molecular formula is C29H41N5O6S. The van der Waals surface area contributed by atoms with Crippen molar-refractivity contribution in [3.05, 3.63) is 59.6 Å². The molecule has 3 rings (SSSR count). The molecule has 3 atom stereocenters. The van der Waals surface area contributed by atoms with E-state index in [9.17, 15) is 18.0 Å². The number of anilines is 1. The molecule has 0 bridgehead atoms. The molecule has 0 spiro atoms. The number of aromatic nitrogens is 2. The van der Waals surface area contributed by atoms with Crippen LogP contribution in [0.5, 0.6) is 0 Å². The van der Waals surface area contributed by atoms with Gasteiger partial charge in [-0.1, -0.05) is 56.3 Å². The van der Waals surface area contributed by atoms with Crippen LogP contribution in [0.15, 0.2) is 42.5 Å². The molecule has 1 aromatic heterocycles. The highest BCUT2D eigenvalue weighted by Gasteiger charge is 2.36. The van der Waals surface area contributed by atoms with Gasteiger partial charge in [0.15, 0.2) is 12.1 Å². The number of hydrogen-bond donors (Lipinski definition) is 2. The van der Waals surface area contributed by atoms with E-state index < -0.39 is 40.0 Å². The van der Waals surface area contributed by atoms with E-state index in [1.54, 1.807) is 13.8 Å². The highest BCUT2D eigenvalue weighted by atomic mass is 32.2. The van der Waals surface area contributed by atoms with E-state index in [1.165, 1.54) is 6.07 Å². The summed E-state index contributed by atoms with van der Waals surface area (Å²) in [5.41, 5.74) is 6.52. The van der Waals surface area contributed by atoms with Crippen LogP contribution in [-0.2, 0) is 29.2 Å². The summed E-state index contributed by atoms with van der Waals surface area (Å²) in [7, 11) is -3.98. The zero-order chi connectivity index (χ0) is 30.0. The van der Waals surface area contributed by atoms with Crippen molar-refractivity contribution in [2.45, 2.75) is 66.1 Å². The fourth-order valence-corrected chi connectivity index (χ4v) is 5.32. The summed E-state index contributed by atoms with van der Waals surface area (Å²) in [6.07, 6.45) is 7.17. The average Bonchev–Trinajstić information content (AvgIpc) is 2.91. The van der Waals surface area contributed by atoms with Crippen LogP contribution in [-0.4, -0.2) is 49.4 Å². The number of nitrogens with one attached hydrogen (secondary N) is 2. The van der Waals surface area contributed by atoms with Crippen molar-refractivity contribution in [3.63, 3.8) is 0 Å². The molecule has 1 aliphatic rings. The maximum atomic E-state index is 13.8. The summed E-state index contributed by atoms with van der Waals surface area (Å²) in [6, 6.07) is 11.1. The van der Waals surface area contributed by atoms with Crippen LogP contribution in [0.25, 0.3) is 6.08 Å². The van der Waals surface area contributed by atoms with Crippen LogP contribution in [0.2, 0.25) is 0 Å². The van der Waals surface area contributed by atoms with Gasteiger partial charge in [0.05, 0.1) is 18.1 Å². The normalized spacial score (nSPS) is 17.3. The van der Waals surface area contributed by atoms with E-state index in [1.807, 2.05) is 56.3 Å². The quantitative estimate of drug-likeness (QED) is 0.337. The first-order valence-corrected chi connectivity index (χ1v) is 15.7. The molecule has 1 fully saturated rings. The molecule has 11 nitrogen and oxygen atoms in total. The van der Waals surface area contributed by atoms with Crippen LogP contribution in [0.4, 0.5) is 5.82 Å². The Balaban J connectivity index is 1.90.